The largest absolute Gasteiger partial charge is 0.350 e. The number of amides is 3. The average Bonchev–Trinajstić information content (AvgIpc) is 3.23. The van der Waals surface area contributed by atoms with Crippen LogP contribution in [0.5, 0.6) is 0 Å². The molecule has 0 radical (unpaired) electrons. The van der Waals surface area contributed by atoms with E-state index >= 15 is 0 Å². The van der Waals surface area contributed by atoms with E-state index < -0.39 is 5.91 Å². The van der Waals surface area contributed by atoms with Crippen LogP contribution in [-0.4, -0.2) is 45.5 Å². The maximum absolute atomic E-state index is 13.2. The topological polar surface area (TPSA) is 96.3 Å². The number of carbonyl (C=O) groups is 3. The molecule has 8 nitrogen and oxygen atoms in total. The lowest BCUT2D eigenvalue weighted by Gasteiger charge is -2.20. The Hall–Kier alpha value is -4.01. The van der Waals surface area contributed by atoms with Gasteiger partial charge in [-0.3, -0.25) is 19.1 Å². The first-order chi connectivity index (χ1) is 16.9. The van der Waals surface area contributed by atoms with Gasteiger partial charge < -0.3 is 15.5 Å². The highest BCUT2D eigenvalue weighted by molar-refractivity contribution is 5.98. The summed E-state index contributed by atoms with van der Waals surface area (Å²) in [5.41, 5.74) is 2.30. The number of nitrogens with one attached hydrogen (secondary N) is 2. The standard InChI is InChI=1S/C26H28FN5O3/c1-18(20-6-3-2-4-7-20)29-24(33)12-13-28-25(34)22-16-23-26(35)31(14-5-15-32(23)30-22)17-19-8-10-21(27)11-9-19/h2-4,6-11,16,18H,5,12-15,17H2,1H3,(H,28,34)(H,29,33)/t18-/m1/s1. The summed E-state index contributed by atoms with van der Waals surface area (Å²) < 4.78 is 14.7. The van der Waals surface area contributed by atoms with Crippen LogP contribution in [0.15, 0.2) is 60.7 Å². The average molecular weight is 478 g/mol. The Bertz CT molecular complexity index is 1190. The molecule has 1 aliphatic heterocycles. The number of hydrogen-bond acceptors (Lipinski definition) is 4. The predicted octanol–water partition coefficient (Wildman–Crippen LogP) is 3.07. The van der Waals surface area contributed by atoms with Gasteiger partial charge in [-0.1, -0.05) is 42.5 Å². The summed E-state index contributed by atoms with van der Waals surface area (Å²) in [4.78, 5) is 39.6. The van der Waals surface area contributed by atoms with Gasteiger partial charge in [-0.2, -0.15) is 5.10 Å². The first-order valence-electron chi connectivity index (χ1n) is 11.6. The number of hydrogen-bond donors (Lipinski definition) is 2. The lowest BCUT2D eigenvalue weighted by atomic mass is 10.1. The Morgan fingerprint density at radius 1 is 1.09 bits per heavy atom. The molecule has 0 aliphatic carbocycles. The lowest BCUT2D eigenvalue weighted by molar-refractivity contribution is -0.121. The zero-order valence-corrected chi connectivity index (χ0v) is 19.5. The van der Waals surface area contributed by atoms with Gasteiger partial charge in [0.1, 0.15) is 11.5 Å². The second kappa shape index (κ2) is 10.9. The van der Waals surface area contributed by atoms with E-state index in [2.05, 4.69) is 15.7 Å². The third kappa shape index (κ3) is 6.11. The Kier molecular flexibility index (Phi) is 7.54. The Labute approximate surface area is 203 Å². The molecule has 4 rings (SSSR count). The number of fused-ring (bicyclic) bond motifs is 1. The molecular formula is C26H28FN5O3. The molecule has 0 spiro atoms. The summed E-state index contributed by atoms with van der Waals surface area (Å²) in [6.07, 6.45) is 0.809. The van der Waals surface area contributed by atoms with Crippen LogP contribution in [0.2, 0.25) is 0 Å². The molecule has 0 saturated heterocycles. The minimum atomic E-state index is -0.438. The van der Waals surface area contributed by atoms with Gasteiger partial charge in [0.05, 0.1) is 6.04 Å². The zero-order valence-electron chi connectivity index (χ0n) is 19.5. The van der Waals surface area contributed by atoms with Crippen molar-refractivity contribution in [3.8, 4) is 0 Å². The van der Waals surface area contributed by atoms with Crippen molar-refractivity contribution < 1.29 is 18.8 Å². The van der Waals surface area contributed by atoms with Gasteiger partial charge in [0, 0.05) is 38.7 Å². The maximum atomic E-state index is 13.2. The van der Waals surface area contributed by atoms with E-state index in [9.17, 15) is 18.8 Å². The van der Waals surface area contributed by atoms with E-state index in [4.69, 9.17) is 0 Å². The number of nitrogens with zero attached hydrogens (tertiary/aromatic N) is 3. The molecule has 0 fully saturated rings. The second-order valence-electron chi connectivity index (χ2n) is 8.55. The summed E-state index contributed by atoms with van der Waals surface area (Å²) in [5, 5.41) is 9.92. The van der Waals surface area contributed by atoms with Crippen LogP contribution < -0.4 is 10.6 Å². The number of benzene rings is 2. The zero-order chi connectivity index (χ0) is 24.8. The molecule has 0 saturated carbocycles. The molecule has 1 aromatic heterocycles. The van der Waals surface area contributed by atoms with Crippen LogP contribution in [-0.2, 0) is 17.9 Å². The van der Waals surface area contributed by atoms with E-state index in [-0.39, 0.29) is 42.3 Å². The van der Waals surface area contributed by atoms with Gasteiger partial charge in [0.2, 0.25) is 5.91 Å². The Morgan fingerprint density at radius 3 is 2.57 bits per heavy atom. The molecule has 35 heavy (non-hydrogen) atoms. The van der Waals surface area contributed by atoms with Gasteiger partial charge in [-0.25, -0.2) is 4.39 Å². The number of carbonyl (C=O) groups excluding carboxylic acids is 3. The first-order valence-corrected chi connectivity index (χ1v) is 11.6. The normalized spacial score (nSPS) is 14.1. The molecule has 2 N–H and O–H groups in total. The van der Waals surface area contributed by atoms with Crippen molar-refractivity contribution in [1.29, 1.82) is 0 Å². The van der Waals surface area contributed by atoms with Crippen molar-refractivity contribution >= 4 is 17.7 Å². The minimum absolute atomic E-state index is 0.126. The molecule has 0 unspecified atom stereocenters. The summed E-state index contributed by atoms with van der Waals surface area (Å²) in [6, 6.07) is 17.0. The van der Waals surface area contributed by atoms with Crippen LogP contribution in [0.3, 0.4) is 0 Å². The van der Waals surface area contributed by atoms with Gasteiger partial charge in [-0.15, -0.1) is 0 Å². The molecular weight excluding hydrogens is 449 g/mol. The van der Waals surface area contributed by atoms with Crippen LogP contribution in [0, 0.1) is 5.82 Å². The van der Waals surface area contributed by atoms with Crippen LogP contribution >= 0.6 is 0 Å². The highest BCUT2D eigenvalue weighted by Crippen LogP contribution is 2.17. The number of aryl methyl sites for hydroxylation is 1. The van der Waals surface area contributed by atoms with Crippen molar-refractivity contribution in [3.63, 3.8) is 0 Å². The fraction of sp³-hybridized carbons (Fsp3) is 0.308. The van der Waals surface area contributed by atoms with E-state index in [1.807, 2.05) is 37.3 Å². The number of aromatic nitrogens is 2. The molecule has 0 bridgehead atoms. The molecule has 1 aliphatic rings. The number of halogens is 1. The monoisotopic (exact) mass is 477 g/mol. The van der Waals surface area contributed by atoms with Crippen molar-refractivity contribution in [2.24, 2.45) is 0 Å². The smallest absolute Gasteiger partial charge is 0.272 e. The molecule has 2 heterocycles. The van der Waals surface area contributed by atoms with Crippen molar-refractivity contribution in [1.82, 2.24) is 25.3 Å². The fourth-order valence-electron chi connectivity index (χ4n) is 4.03. The lowest BCUT2D eigenvalue weighted by Crippen LogP contribution is -2.32. The highest BCUT2D eigenvalue weighted by Gasteiger charge is 2.26. The summed E-state index contributed by atoms with van der Waals surface area (Å²) in [6.45, 7) is 3.45. The summed E-state index contributed by atoms with van der Waals surface area (Å²) in [7, 11) is 0. The summed E-state index contributed by atoms with van der Waals surface area (Å²) >= 11 is 0. The first kappa shape index (κ1) is 24.1. The molecule has 1 atom stereocenters. The van der Waals surface area contributed by atoms with Crippen LogP contribution in [0.25, 0.3) is 0 Å². The van der Waals surface area contributed by atoms with Gasteiger partial charge >= 0.3 is 0 Å². The van der Waals surface area contributed by atoms with E-state index in [1.54, 1.807) is 21.7 Å². The maximum Gasteiger partial charge on any atom is 0.272 e. The van der Waals surface area contributed by atoms with E-state index in [0.717, 1.165) is 11.1 Å². The minimum Gasteiger partial charge on any atom is -0.350 e. The summed E-state index contributed by atoms with van der Waals surface area (Å²) in [5.74, 6) is -1.17. The van der Waals surface area contributed by atoms with Crippen LogP contribution in [0.1, 0.15) is 57.9 Å². The van der Waals surface area contributed by atoms with Crippen molar-refractivity contribution in [3.05, 3.63) is 89.0 Å². The Morgan fingerprint density at radius 2 is 1.83 bits per heavy atom. The molecule has 3 amide bonds. The molecule has 2 aromatic carbocycles. The van der Waals surface area contributed by atoms with Gasteiger partial charge in [0.15, 0.2) is 5.69 Å². The van der Waals surface area contributed by atoms with Gasteiger partial charge in [-0.05, 0) is 36.6 Å². The third-order valence-corrected chi connectivity index (χ3v) is 5.92. The van der Waals surface area contributed by atoms with E-state index in [0.29, 0.717) is 31.7 Å². The van der Waals surface area contributed by atoms with Crippen LogP contribution in [0.4, 0.5) is 4.39 Å². The van der Waals surface area contributed by atoms with Crippen molar-refractivity contribution in [2.45, 2.75) is 38.9 Å². The quantitative estimate of drug-likeness (QED) is 0.521. The SMILES string of the molecule is C[C@@H](NC(=O)CCNC(=O)c1cc2n(n1)CCCN(Cc1ccc(F)cc1)C2=O)c1ccccc1. The molecule has 9 heteroatoms. The van der Waals surface area contributed by atoms with Gasteiger partial charge in [0.25, 0.3) is 11.8 Å². The Balaban J connectivity index is 1.31. The highest BCUT2D eigenvalue weighted by atomic mass is 19.1. The molecule has 3 aromatic rings. The van der Waals surface area contributed by atoms with E-state index in [1.165, 1.54) is 18.2 Å². The predicted molar refractivity (Wildman–Crippen MR) is 128 cm³/mol. The number of rotatable bonds is 8. The molecule has 182 valence electrons. The van der Waals surface area contributed by atoms with Crippen molar-refractivity contribution in [2.75, 3.05) is 13.1 Å². The second-order valence-corrected chi connectivity index (χ2v) is 8.55. The third-order valence-electron chi connectivity index (χ3n) is 5.92. The fourth-order valence-corrected chi connectivity index (χ4v) is 4.03.